The lowest BCUT2D eigenvalue weighted by Gasteiger charge is -2.13. The number of benzene rings is 2. The van der Waals surface area contributed by atoms with Gasteiger partial charge >= 0.3 is 0 Å². The van der Waals surface area contributed by atoms with Crippen molar-refractivity contribution in [1.82, 2.24) is 10.6 Å². The normalized spacial score (nSPS) is 10.8. The summed E-state index contributed by atoms with van der Waals surface area (Å²) in [5.41, 5.74) is 3.60. The van der Waals surface area contributed by atoms with Gasteiger partial charge in [-0.05, 0) is 16.7 Å². The van der Waals surface area contributed by atoms with Crippen LogP contribution >= 0.6 is 24.0 Å². The Morgan fingerprint density at radius 3 is 2.26 bits per heavy atom. The summed E-state index contributed by atoms with van der Waals surface area (Å²) >= 11 is 0. The largest absolute Gasteiger partial charge is 0.372 e. The van der Waals surface area contributed by atoms with Crippen LogP contribution in [0.15, 0.2) is 59.6 Å². The summed E-state index contributed by atoms with van der Waals surface area (Å²) in [6.07, 6.45) is 0. The quantitative estimate of drug-likeness (QED) is 0.424. The molecule has 0 saturated heterocycles. The Bertz CT molecular complexity index is 602. The van der Waals surface area contributed by atoms with E-state index in [0.717, 1.165) is 12.5 Å². The standard InChI is InChI=1S/C18H23N3O.HI/c1-19-18(20-2)21-12-16-10-6-7-11-17(16)14-22-13-15-8-4-3-5-9-15;/h3-11H,12-14H2,1-2H3,(H2,19,20,21);1H. The first-order chi connectivity index (χ1) is 10.8. The van der Waals surface area contributed by atoms with E-state index in [-0.39, 0.29) is 24.0 Å². The monoisotopic (exact) mass is 425 g/mol. The minimum absolute atomic E-state index is 0. The molecular weight excluding hydrogens is 401 g/mol. The van der Waals surface area contributed by atoms with Crippen LogP contribution in [-0.4, -0.2) is 20.1 Å². The van der Waals surface area contributed by atoms with Crippen LogP contribution in [0.1, 0.15) is 16.7 Å². The van der Waals surface area contributed by atoms with Crippen molar-refractivity contribution in [2.75, 3.05) is 14.1 Å². The molecule has 0 spiro atoms. The maximum atomic E-state index is 5.83. The van der Waals surface area contributed by atoms with E-state index in [9.17, 15) is 0 Å². The van der Waals surface area contributed by atoms with Gasteiger partial charge in [-0.15, -0.1) is 24.0 Å². The highest BCUT2D eigenvalue weighted by molar-refractivity contribution is 14.0. The Morgan fingerprint density at radius 2 is 1.61 bits per heavy atom. The molecule has 0 atom stereocenters. The first-order valence-electron chi connectivity index (χ1n) is 7.40. The number of nitrogens with zero attached hydrogens (tertiary/aromatic N) is 1. The van der Waals surface area contributed by atoms with Gasteiger partial charge in [0, 0.05) is 20.6 Å². The second-order valence-electron chi connectivity index (χ2n) is 4.92. The topological polar surface area (TPSA) is 45.7 Å². The summed E-state index contributed by atoms with van der Waals surface area (Å²) in [7, 11) is 3.61. The first kappa shape index (κ1) is 19.4. The van der Waals surface area contributed by atoms with Crippen LogP contribution in [0.2, 0.25) is 0 Å². The van der Waals surface area contributed by atoms with E-state index >= 15 is 0 Å². The lowest BCUT2D eigenvalue weighted by atomic mass is 10.1. The van der Waals surface area contributed by atoms with Gasteiger partial charge in [0.2, 0.25) is 0 Å². The van der Waals surface area contributed by atoms with Crippen LogP contribution < -0.4 is 10.6 Å². The zero-order chi connectivity index (χ0) is 15.6. The maximum absolute atomic E-state index is 5.83. The molecule has 0 aliphatic carbocycles. The molecule has 0 radical (unpaired) electrons. The highest BCUT2D eigenvalue weighted by Gasteiger charge is 2.03. The average Bonchev–Trinajstić information content (AvgIpc) is 2.58. The fourth-order valence-electron chi connectivity index (χ4n) is 2.18. The molecule has 2 N–H and O–H groups in total. The van der Waals surface area contributed by atoms with Crippen LogP contribution in [0, 0.1) is 0 Å². The maximum Gasteiger partial charge on any atom is 0.190 e. The molecule has 0 unspecified atom stereocenters. The molecule has 0 bridgehead atoms. The molecular formula is C18H24IN3O. The van der Waals surface area contributed by atoms with E-state index in [4.69, 9.17) is 4.74 Å². The fourth-order valence-corrected chi connectivity index (χ4v) is 2.18. The third kappa shape index (κ3) is 6.58. The average molecular weight is 425 g/mol. The van der Waals surface area contributed by atoms with Crippen LogP contribution in [-0.2, 0) is 24.5 Å². The van der Waals surface area contributed by atoms with E-state index in [0.29, 0.717) is 13.2 Å². The van der Waals surface area contributed by atoms with Crippen molar-refractivity contribution in [2.45, 2.75) is 19.8 Å². The van der Waals surface area contributed by atoms with Crippen molar-refractivity contribution >= 4 is 29.9 Å². The zero-order valence-corrected chi connectivity index (χ0v) is 15.9. The van der Waals surface area contributed by atoms with Gasteiger partial charge in [0.1, 0.15) is 0 Å². The van der Waals surface area contributed by atoms with Crippen LogP contribution in [0.4, 0.5) is 0 Å². The molecule has 0 aromatic heterocycles. The second-order valence-corrected chi connectivity index (χ2v) is 4.92. The van der Waals surface area contributed by atoms with Crippen molar-refractivity contribution < 1.29 is 4.74 Å². The van der Waals surface area contributed by atoms with Crippen molar-refractivity contribution in [1.29, 1.82) is 0 Å². The van der Waals surface area contributed by atoms with Crippen LogP contribution in [0.3, 0.4) is 0 Å². The van der Waals surface area contributed by atoms with E-state index < -0.39 is 0 Å². The lowest BCUT2D eigenvalue weighted by Crippen LogP contribution is -2.34. The van der Waals surface area contributed by atoms with E-state index in [1.54, 1.807) is 7.05 Å². The molecule has 4 nitrogen and oxygen atoms in total. The van der Waals surface area contributed by atoms with Gasteiger partial charge < -0.3 is 15.4 Å². The molecule has 23 heavy (non-hydrogen) atoms. The third-order valence-corrected chi connectivity index (χ3v) is 3.39. The van der Waals surface area contributed by atoms with Gasteiger partial charge in [-0.25, -0.2) is 0 Å². The Morgan fingerprint density at radius 1 is 0.957 bits per heavy atom. The molecule has 0 heterocycles. The van der Waals surface area contributed by atoms with E-state index in [2.05, 4.69) is 39.9 Å². The Balaban J connectivity index is 0.00000264. The second kappa shape index (κ2) is 11.0. The number of ether oxygens (including phenoxy) is 1. The summed E-state index contributed by atoms with van der Waals surface area (Å²) in [5, 5.41) is 6.28. The zero-order valence-electron chi connectivity index (χ0n) is 13.6. The van der Waals surface area contributed by atoms with Gasteiger partial charge in [-0.1, -0.05) is 54.6 Å². The van der Waals surface area contributed by atoms with Crippen LogP contribution in [0.5, 0.6) is 0 Å². The minimum Gasteiger partial charge on any atom is -0.372 e. The molecule has 0 saturated carbocycles. The molecule has 124 valence electrons. The lowest BCUT2D eigenvalue weighted by molar-refractivity contribution is 0.106. The Hall–Kier alpha value is -1.60. The highest BCUT2D eigenvalue weighted by atomic mass is 127. The predicted octanol–water partition coefficient (Wildman–Crippen LogP) is 3.32. The highest BCUT2D eigenvalue weighted by Crippen LogP contribution is 2.11. The van der Waals surface area contributed by atoms with Crippen molar-refractivity contribution in [2.24, 2.45) is 4.99 Å². The Labute approximate surface area is 155 Å². The van der Waals surface area contributed by atoms with E-state index in [1.165, 1.54) is 16.7 Å². The minimum atomic E-state index is 0. The SMILES string of the molecule is CN=C(NC)NCc1ccccc1COCc1ccccc1.I. The summed E-state index contributed by atoms with van der Waals surface area (Å²) < 4.78 is 5.83. The van der Waals surface area contributed by atoms with Gasteiger partial charge in [0.25, 0.3) is 0 Å². The predicted molar refractivity (Wildman–Crippen MR) is 106 cm³/mol. The number of nitrogens with one attached hydrogen (secondary N) is 2. The molecule has 0 aliphatic rings. The number of hydrogen-bond acceptors (Lipinski definition) is 2. The number of hydrogen-bond donors (Lipinski definition) is 2. The molecule has 2 aromatic carbocycles. The van der Waals surface area contributed by atoms with Gasteiger partial charge in [-0.2, -0.15) is 0 Å². The van der Waals surface area contributed by atoms with Gasteiger partial charge in [0.05, 0.1) is 13.2 Å². The van der Waals surface area contributed by atoms with Crippen LogP contribution in [0.25, 0.3) is 0 Å². The smallest absolute Gasteiger partial charge is 0.190 e. The summed E-state index contributed by atoms with van der Waals surface area (Å²) in [4.78, 5) is 4.12. The fraction of sp³-hybridized carbons (Fsp3) is 0.278. The number of rotatable bonds is 6. The Kier molecular flexibility index (Phi) is 9.31. The number of guanidine groups is 1. The van der Waals surface area contributed by atoms with Gasteiger partial charge in [0.15, 0.2) is 5.96 Å². The summed E-state index contributed by atoms with van der Waals surface area (Å²) in [6.45, 7) is 1.95. The first-order valence-corrected chi connectivity index (χ1v) is 7.40. The summed E-state index contributed by atoms with van der Waals surface area (Å²) in [5.74, 6) is 0.778. The molecule has 0 amide bonds. The molecule has 0 aliphatic heterocycles. The molecule has 5 heteroatoms. The summed E-state index contributed by atoms with van der Waals surface area (Å²) in [6, 6.07) is 18.5. The third-order valence-electron chi connectivity index (χ3n) is 3.39. The van der Waals surface area contributed by atoms with Crippen molar-refractivity contribution in [3.05, 3.63) is 71.3 Å². The van der Waals surface area contributed by atoms with Crippen molar-refractivity contribution in [3.63, 3.8) is 0 Å². The van der Waals surface area contributed by atoms with E-state index in [1.807, 2.05) is 37.4 Å². The molecule has 2 rings (SSSR count). The van der Waals surface area contributed by atoms with Gasteiger partial charge in [-0.3, -0.25) is 4.99 Å². The molecule has 0 fully saturated rings. The number of halogens is 1. The molecule has 2 aromatic rings. The number of aliphatic imine (C=N–C) groups is 1. The van der Waals surface area contributed by atoms with Crippen molar-refractivity contribution in [3.8, 4) is 0 Å².